The predicted octanol–water partition coefficient (Wildman–Crippen LogP) is 5.95. The zero-order chi connectivity index (χ0) is 16.4. The topological polar surface area (TPSA) is 26.0 Å². The first-order valence-electron chi connectivity index (χ1n) is 8.25. The number of nitrogens with two attached hydrogens (primary N) is 1. The van der Waals surface area contributed by atoms with Gasteiger partial charge in [-0.3, -0.25) is 0 Å². The van der Waals surface area contributed by atoms with Crippen molar-refractivity contribution in [1.29, 1.82) is 0 Å². The molecule has 0 rings (SSSR count). The van der Waals surface area contributed by atoms with Crippen LogP contribution >= 0.6 is 0 Å². The smallest absolute Gasteiger partial charge is 0.0251 e. The molecule has 1 heteroatoms. The molecule has 0 aliphatic heterocycles. The highest BCUT2D eigenvalue weighted by Crippen LogP contribution is 2.25. The van der Waals surface area contributed by atoms with E-state index in [1.807, 2.05) is 6.92 Å². The van der Waals surface area contributed by atoms with E-state index in [1.54, 1.807) is 0 Å². The van der Waals surface area contributed by atoms with Gasteiger partial charge in [0.1, 0.15) is 0 Å². The predicted molar refractivity (Wildman–Crippen MR) is 97.4 cm³/mol. The SMILES string of the molecule is C=C(CCC(=C)C(=C)CC(CC)CC)CCC(N)C(=C)C. The summed E-state index contributed by atoms with van der Waals surface area (Å²) in [6.45, 7) is 22.9. The average Bonchev–Trinajstić information content (AvgIpc) is 2.46. The van der Waals surface area contributed by atoms with Gasteiger partial charge < -0.3 is 5.73 Å². The minimum atomic E-state index is 0.0924. The molecule has 1 unspecified atom stereocenters. The molecule has 0 saturated carbocycles. The van der Waals surface area contributed by atoms with Gasteiger partial charge in [-0.05, 0) is 44.9 Å². The second-order valence-electron chi connectivity index (χ2n) is 6.34. The largest absolute Gasteiger partial charge is 0.324 e. The van der Waals surface area contributed by atoms with Crippen LogP contribution in [-0.4, -0.2) is 6.04 Å². The molecule has 1 nitrogen and oxygen atoms in total. The van der Waals surface area contributed by atoms with Crippen molar-refractivity contribution in [2.24, 2.45) is 11.7 Å². The van der Waals surface area contributed by atoms with Crippen LogP contribution in [0.4, 0.5) is 0 Å². The third kappa shape index (κ3) is 8.72. The highest BCUT2D eigenvalue weighted by Gasteiger charge is 2.09. The van der Waals surface area contributed by atoms with Gasteiger partial charge in [0.25, 0.3) is 0 Å². The standard InChI is InChI=1S/C20H35N/c1-8-19(9-2)14-18(7)17(6)12-10-16(5)11-13-20(21)15(3)4/h19-20H,3,5-14,21H2,1-2,4H3. The highest BCUT2D eigenvalue weighted by molar-refractivity contribution is 5.26. The third-order valence-electron chi connectivity index (χ3n) is 4.41. The first-order chi connectivity index (χ1) is 9.81. The van der Waals surface area contributed by atoms with Gasteiger partial charge in [0.2, 0.25) is 0 Å². The Morgan fingerprint density at radius 3 is 1.95 bits per heavy atom. The normalized spacial score (nSPS) is 12.2. The van der Waals surface area contributed by atoms with Crippen LogP contribution in [0, 0.1) is 5.92 Å². The van der Waals surface area contributed by atoms with Gasteiger partial charge in [0, 0.05) is 6.04 Å². The van der Waals surface area contributed by atoms with Crippen LogP contribution in [-0.2, 0) is 0 Å². The highest BCUT2D eigenvalue weighted by atomic mass is 14.6. The van der Waals surface area contributed by atoms with Crippen LogP contribution in [0.3, 0.4) is 0 Å². The van der Waals surface area contributed by atoms with Gasteiger partial charge in [-0.2, -0.15) is 0 Å². The zero-order valence-corrected chi connectivity index (χ0v) is 14.5. The fourth-order valence-electron chi connectivity index (χ4n) is 2.31. The fourth-order valence-corrected chi connectivity index (χ4v) is 2.31. The van der Waals surface area contributed by atoms with Gasteiger partial charge >= 0.3 is 0 Å². The quantitative estimate of drug-likeness (QED) is 0.349. The Balaban J connectivity index is 4.04. The average molecular weight is 290 g/mol. The lowest BCUT2D eigenvalue weighted by atomic mass is 9.89. The molecule has 0 aliphatic carbocycles. The molecule has 0 aromatic rings. The lowest BCUT2D eigenvalue weighted by molar-refractivity contribution is 0.490. The molecule has 21 heavy (non-hydrogen) atoms. The minimum absolute atomic E-state index is 0.0924. The molecule has 2 N–H and O–H groups in total. The summed E-state index contributed by atoms with van der Waals surface area (Å²) < 4.78 is 0. The Labute approximate surface area is 132 Å². The molecular weight excluding hydrogens is 254 g/mol. The van der Waals surface area contributed by atoms with Gasteiger partial charge in [-0.25, -0.2) is 0 Å². The van der Waals surface area contributed by atoms with E-state index in [0.717, 1.165) is 43.6 Å². The molecule has 0 amide bonds. The first-order valence-corrected chi connectivity index (χ1v) is 8.25. The van der Waals surface area contributed by atoms with E-state index < -0.39 is 0 Å². The molecule has 0 aliphatic rings. The van der Waals surface area contributed by atoms with Crippen molar-refractivity contribution >= 4 is 0 Å². The Morgan fingerprint density at radius 1 is 0.905 bits per heavy atom. The summed E-state index contributed by atoms with van der Waals surface area (Å²) in [5, 5.41) is 0. The second-order valence-corrected chi connectivity index (χ2v) is 6.34. The molecule has 120 valence electrons. The molecule has 0 heterocycles. The summed E-state index contributed by atoms with van der Waals surface area (Å²) in [6, 6.07) is 0.0924. The van der Waals surface area contributed by atoms with Crippen LogP contribution < -0.4 is 5.73 Å². The van der Waals surface area contributed by atoms with Gasteiger partial charge in [-0.1, -0.05) is 75.3 Å². The molecule has 0 radical (unpaired) electrons. The van der Waals surface area contributed by atoms with Crippen LogP contribution in [0.15, 0.2) is 48.6 Å². The Hall–Kier alpha value is -1.08. The summed E-state index contributed by atoms with van der Waals surface area (Å²) >= 11 is 0. The Bertz CT molecular complexity index is 371. The summed E-state index contributed by atoms with van der Waals surface area (Å²) in [5.41, 5.74) is 10.7. The number of hydrogen-bond acceptors (Lipinski definition) is 1. The summed E-state index contributed by atoms with van der Waals surface area (Å²) in [5.74, 6) is 0.742. The van der Waals surface area contributed by atoms with Crippen molar-refractivity contribution in [3.05, 3.63) is 48.6 Å². The lowest BCUT2D eigenvalue weighted by Gasteiger charge is -2.17. The zero-order valence-electron chi connectivity index (χ0n) is 14.5. The van der Waals surface area contributed by atoms with E-state index in [4.69, 9.17) is 5.73 Å². The van der Waals surface area contributed by atoms with Gasteiger partial charge in [-0.15, -0.1) is 0 Å². The van der Waals surface area contributed by atoms with E-state index >= 15 is 0 Å². The summed E-state index contributed by atoms with van der Waals surface area (Å²) in [7, 11) is 0. The Morgan fingerprint density at radius 2 is 1.48 bits per heavy atom. The van der Waals surface area contributed by atoms with Crippen molar-refractivity contribution in [1.82, 2.24) is 0 Å². The van der Waals surface area contributed by atoms with Crippen LogP contribution in [0.1, 0.15) is 65.7 Å². The van der Waals surface area contributed by atoms with Gasteiger partial charge in [0.15, 0.2) is 0 Å². The van der Waals surface area contributed by atoms with Crippen molar-refractivity contribution in [2.75, 3.05) is 0 Å². The van der Waals surface area contributed by atoms with Crippen molar-refractivity contribution in [3.63, 3.8) is 0 Å². The maximum Gasteiger partial charge on any atom is 0.0251 e. The van der Waals surface area contributed by atoms with Gasteiger partial charge in [0.05, 0.1) is 0 Å². The summed E-state index contributed by atoms with van der Waals surface area (Å²) in [6.07, 6.45) is 7.39. The molecule has 0 saturated heterocycles. The third-order valence-corrected chi connectivity index (χ3v) is 4.41. The molecule has 0 spiro atoms. The van der Waals surface area contributed by atoms with E-state index in [-0.39, 0.29) is 6.04 Å². The molecular formula is C20H35N. The molecule has 0 fully saturated rings. The van der Waals surface area contributed by atoms with E-state index in [2.05, 4.69) is 40.2 Å². The van der Waals surface area contributed by atoms with E-state index in [1.165, 1.54) is 29.6 Å². The lowest BCUT2D eigenvalue weighted by Crippen LogP contribution is -2.20. The fraction of sp³-hybridized carbons (Fsp3) is 0.600. The molecule has 0 bridgehead atoms. The molecule has 0 aromatic heterocycles. The van der Waals surface area contributed by atoms with E-state index in [0.29, 0.717) is 0 Å². The van der Waals surface area contributed by atoms with Crippen LogP contribution in [0.25, 0.3) is 0 Å². The maximum atomic E-state index is 5.98. The number of hydrogen-bond donors (Lipinski definition) is 1. The Kier molecular flexibility index (Phi) is 10.1. The number of rotatable bonds is 12. The van der Waals surface area contributed by atoms with Crippen molar-refractivity contribution < 1.29 is 0 Å². The number of allylic oxidation sites excluding steroid dienone is 3. The summed E-state index contributed by atoms with van der Waals surface area (Å²) in [4.78, 5) is 0. The van der Waals surface area contributed by atoms with Crippen molar-refractivity contribution in [2.45, 2.75) is 71.8 Å². The first kappa shape index (κ1) is 19.9. The van der Waals surface area contributed by atoms with Crippen LogP contribution in [0.5, 0.6) is 0 Å². The molecule has 1 atom stereocenters. The molecule has 0 aromatic carbocycles. The van der Waals surface area contributed by atoms with Crippen molar-refractivity contribution in [3.8, 4) is 0 Å². The van der Waals surface area contributed by atoms with Crippen LogP contribution in [0.2, 0.25) is 0 Å². The monoisotopic (exact) mass is 289 g/mol. The minimum Gasteiger partial charge on any atom is -0.324 e. The maximum absolute atomic E-state index is 5.98. The van der Waals surface area contributed by atoms with E-state index in [9.17, 15) is 0 Å². The second kappa shape index (κ2) is 10.6.